The van der Waals surface area contributed by atoms with Crippen LogP contribution in [0.3, 0.4) is 0 Å². The van der Waals surface area contributed by atoms with Crippen molar-refractivity contribution in [2.24, 2.45) is 10.9 Å². The molecule has 0 aliphatic carbocycles. The fraction of sp³-hybridized carbons (Fsp3) is 0.300. The minimum absolute atomic E-state index is 0.0230. The molecule has 0 saturated heterocycles. The van der Waals surface area contributed by atoms with E-state index in [2.05, 4.69) is 5.10 Å². The maximum absolute atomic E-state index is 9.03. The molecule has 16 heavy (non-hydrogen) atoms. The van der Waals surface area contributed by atoms with Gasteiger partial charge in [0.2, 0.25) is 0 Å². The Hall–Kier alpha value is -1.53. The van der Waals surface area contributed by atoms with Gasteiger partial charge in [0.15, 0.2) is 0 Å². The van der Waals surface area contributed by atoms with E-state index in [1.165, 1.54) is 6.21 Å². The quantitative estimate of drug-likeness (QED) is 0.276. The molecule has 1 aromatic rings. The average molecular weight is 222 g/mol. The molecule has 0 amide bonds. The third kappa shape index (κ3) is 3.25. The number of nitrogens with zero attached hydrogens (tertiary/aromatic N) is 1. The molecule has 1 rings (SSSR count). The van der Waals surface area contributed by atoms with Crippen LogP contribution in [0, 0.1) is 0 Å². The molecular weight excluding hydrogens is 207 g/mol. The van der Waals surface area contributed by atoms with Crippen molar-refractivity contribution in [1.29, 1.82) is 0 Å². The molecule has 5 nitrogen and oxygen atoms in total. The molecule has 4 N–H and O–H groups in total. The predicted octanol–water partition coefficient (Wildman–Crippen LogP) is -0.554. The number of rotatable bonds is 4. The lowest BCUT2D eigenvalue weighted by atomic mass is 9.79. The summed E-state index contributed by atoms with van der Waals surface area (Å²) >= 11 is 0. The first-order valence-electron chi connectivity index (χ1n) is 4.94. The lowest BCUT2D eigenvalue weighted by Gasteiger charge is -2.13. The van der Waals surface area contributed by atoms with Gasteiger partial charge in [0.1, 0.15) is 5.75 Å². The number of hydrogen-bond acceptors (Lipinski definition) is 5. The van der Waals surface area contributed by atoms with Crippen LogP contribution in [-0.2, 0) is 0 Å². The molecule has 0 aliphatic heterocycles. The van der Waals surface area contributed by atoms with Crippen LogP contribution in [0.2, 0.25) is 0 Å². The van der Waals surface area contributed by atoms with Crippen LogP contribution in [0.25, 0.3) is 0 Å². The lowest BCUT2D eigenvalue weighted by Crippen LogP contribution is -2.30. The molecule has 0 heterocycles. The fourth-order valence-corrected chi connectivity index (χ4v) is 1.27. The van der Waals surface area contributed by atoms with Gasteiger partial charge in [-0.2, -0.15) is 5.10 Å². The molecule has 0 aliphatic rings. The number of hydrazone groups is 1. The molecule has 0 bridgehead atoms. The third-order valence-corrected chi connectivity index (χ3v) is 1.91. The van der Waals surface area contributed by atoms with Gasteiger partial charge < -0.3 is 20.6 Å². The Morgan fingerprint density at radius 3 is 2.62 bits per heavy atom. The maximum atomic E-state index is 9.03. The monoisotopic (exact) mass is 222 g/mol. The van der Waals surface area contributed by atoms with E-state index >= 15 is 0 Å². The Balaban J connectivity index is 3.08. The summed E-state index contributed by atoms with van der Waals surface area (Å²) in [7, 11) is -1.52. The zero-order chi connectivity index (χ0) is 12.1. The maximum Gasteiger partial charge on any atom is 0.488 e. The van der Waals surface area contributed by atoms with Gasteiger partial charge in [-0.15, -0.1) is 0 Å². The van der Waals surface area contributed by atoms with Gasteiger partial charge in [-0.25, -0.2) is 0 Å². The van der Waals surface area contributed by atoms with Crippen LogP contribution in [0.4, 0.5) is 0 Å². The van der Waals surface area contributed by atoms with Crippen LogP contribution >= 0.6 is 0 Å². The Kier molecular flexibility index (Phi) is 4.33. The molecule has 0 unspecified atom stereocenters. The zero-order valence-corrected chi connectivity index (χ0v) is 9.29. The topological polar surface area (TPSA) is 88.1 Å². The van der Waals surface area contributed by atoms with Crippen molar-refractivity contribution in [3.8, 4) is 5.75 Å². The van der Waals surface area contributed by atoms with E-state index in [1.807, 2.05) is 13.8 Å². The molecule has 0 spiro atoms. The second-order valence-electron chi connectivity index (χ2n) is 3.62. The van der Waals surface area contributed by atoms with Gasteiger partial charge in [0.05, 0.1) is 12.3 Å². The van der Waals surface area contributed by atoms with Gasteiger partial charge in [0.25, 0.3) is 0 Å². The SMILES string of the molecule is CC(C)Oc1ccc(B(O)O)cc1C=NN. The van der Waals surface area contributed by atoms with Crippen LogP contribution in [-0.4, -0.2) is 29.5 Å². The first kappa shape index (κ1) is 12.5. The summed E-state index contributed by atoms with van der Waals surface area (Å²) in [5, 5.41) is 21.5. The molecule has 0 saturated carbocycles. The lowest BCUT2D eigenvalue weighted by molar-refractivity contribution is 0.242. The largest absolute Gasteiger partial charge is 0.490 e. The van der Waals surface area contributed by atoms with Crippen molar-refractivity contribution < 1.29 is 14.8 Å². The third-order valence-electron chi connectivity index (χ3n) is 1.91. The summed E-state index contributed by atoms with van der Waals surface area (Å²) in [4.78, 5) is 0. The van der Waals surface area contributed by atoms with Gasteiger partial charge >= 0.3 is 7.12 Å². The van der Waals surface area contributed by atoms with Gasteiger partial charge in [-0.1, -0.05) is 6.07 Å². The average Bonchev–Trinajstić information content (AvgIpc) is 2.20. The van der Waals surface area contributed by atoms with Crippen LogP contribution < -0.4 is 16.0 Å². The van der Waals surface area contributed by atoms with Gasteiger partial charge in [-0.05, 0) is 31.4 Å². The Morgan fingerprint density at radius 2 is 2.12 bits per heavy atom. The highest BCUT2D eigenvalue weighted by atomic mass is 16.5. The van der Waals surface area contributed by atoms with E-state index in [1.54, 1.807) is 18.2 Å². The summed E-state index contributed by atoms with van der Waals surface area (Å²) in [5.41, 5.74) is 0.979. The Labute approximate surface area is 94.7 Å². The second kappa shape index (κ2) is 5.53. The van der Waals surface area contributed by atoms with E-state index in [-0.39, 0.29) is 6.10 Å². The van der Waals surface area contributed by atoms with Crippen molar-refractivity contribution >= 4 is 18.8 Å². The molecule has 0 aromatic heterocycles. The first-order valence-corrected chi connectivity index (χ1v) is 4.94. The van der Waals surface area contributed by atoms with E-state index in [0.717, 1.165) is 0 Å². The zero-order valence-electron chi connectivity index (χ0n) is 9.29. The minimum atomic E-state index is -1.52. The Morgan fingerprint density at radius 1 is 1.44 bits per heavy atom. The molecular formula is C10H15BN2O3. The smallest absolute Gasteiger partial charge is 0.488 e. The highest BCUT2D eigenvalue weighted by Gasteiger charge is 2.13. The van der Waals surface area contributed by atoms with Crippen LogP contribution in [0.5, 0.6) is 5.75 Å². The van der Waals surface area contributed by atoms with Crippen molar-refractivity contribution in [3.05, 3.63) is 23.8 Å². The standard InChI is InChI=1S/C10H15BN2O3/c1-7(2)16-10-4-3-9(11(14)15)5-8(10)6-13-12/h3-7,14-15H,12H2,1-2H3. The number of ether oxygens (including phenoxy) is 1. The van der Waals surface area contributed by atoms with E-state index < -0.39 is 7.12 Å². The second-order valence-corrected chi connectivity index (χ2v) is 3.62. The van der Waals surface area contributed by atoms with Crippen molar-refractivity contribution in [2.45, 2.75) is 20.0 Å². The van der Waals surface area contributed by atoms with Gasteiger partial charge in [0, 0.05) is 5.56 Å². The summed E-state index contributed by atoms with van der Waals surface area (Å²) in [6, 6.07) is 4.81. The molecule has 0 fully saturated rings. The number of hydrogen-bond donors (Lipinski definition) is 3. The molecule has 0 radical (unpaired) electrons. The highest BCUT2D eigenvalue weighted by molar-refractivity contribution is 6.58. The minimum Gasteiger partial charge on any atom is -0.490 e. The van der Waals surface area contributed by atoms with Crippen LogP contribution in [0.15, 0.2) is 23.3 Å². The van der Waals surface area contributed by atoms with Gasteiger partial charge in [-0.3, -0.25) is 0 Å². The molecule has 1 aromatic carbocycles. The molecule has 86 valence electrons. The molecule has 6 heteroatoms. The summed E-state index contributed by atoms with van der Waals surface area (Å²) in [6.07, 6.45) is 1.43. The van der Waals surface area contributed by atoms with Crippen LogP contribution in [0.1, 0.15) is 19.4 Å². The number of nitrogens with two attached hydrogens (primary N) is 1. The van der Waals surface area contributed by atoms with Crippen molar-refractivity contribution in [1.82, 2.24) is 0 Å². The number of benzene rings is 1. The Bertz CT molecular complexity index is 380. The summed E-state index contributed by atoms with van der Waals surface area (Å²) < 4.78 is 5.52. The summed E-state index contributed by atoms with van der Waals surface area (Å²) in [5.74, 6) is 5.68. The summed E-state index contributed by atoms with van der Waals surface area (Å²) in [6.45, 7) is 3.80. The highest BCUT2D eigenvalue weighted by Crippen LogP contribution is 2.16. The van der Waals surface area contributed by atoms with E-state index in [9.17, 15) is 0 Å². The first-order chi connectivity index (χ1) is 7.54. The predicted molar refractivity (Wildman–Crippen MR) is 63.8 cm³/mol. The van der Waals surface area contributed by atoms with E-state index in [4.69, 9.17) is 20.6 Å². The normalized spacial score (nSPS) is 11.1. The molecule has 0 atom stereocenters. The van der Waals surface area contributed by atoms with Crippen molar-refractivity contribution in [2.75, 3.05) is 0 Å². The van der Waals surface area contributed by atoms with Crippen molar-refractivity contribution in [3.63, 3.8) is 0 Å². The fourth-order valence-electron chi connectivity index (χ4n) is 1.27. The van der Waals surface area contributed by atoms with E-state index in [0.29, 0.717) is 16.8 Å².